The third kappa shape index (κ3) is 4.55. The Morgan fingerprint density at radius 1 is 1.24 bits per heavy atom. The van der Waals surface area contributed by atoms with Crippen LogP contribution in [0, 0.1) is 0 Å². The van der Waals surface area contributed by atoms with E-state index in [0.29, 0.717) is 34.5 Å². The van der Waals surface area contributed by atoms with E-state index in [1.165, 1.54) is 0 Å². The fourth-order valence-corrected chi connectivity index (χ4v) is 4.36. The Bertz CT molecular complexity index is 1290. The zero-order valence-corrected chi connectivity index (χ0v) is 18.8. The predicted octanol–water partition coefficient (Wildman–Crippen LogP) is 4.03. The number of piperidine rings is 1. The Labute approximate surface area is 197 Å². The molecule has 2 aromatic heterocycles. The van der Waals surface area contributed by atoms with Crippen molar-refractivity contribution < 1.29 is 4.79 Å². The summed E-state index contributed by atoms with van der Waals surface area (Å²) in [5.74, 6) is 0.604. The Kier molecular flexibility index (Phi) is 5.98. The van der Waals surface area contributed by atoms with Gasteiger partial charge in [-0.1, -0.05) is 35.9 Å². The van der Waals surface area contributed by atoms with Gasteiger partial charge in [-0.3, -0.25) is 9.20 Å². The van der Waals surface area contributed by atoms with Gasteiger partial charge >= 0.3 is 0 Å². The predicted molar refractivity (Wildman–Crippen MR) is 130 cm³/mol. The number of halogens is 1. The maximum Gasteiger partial charge on any atom is 0.251 e. The summed E-state index contributed by atoms with van der Waals surface area (Å²) in [5.41, 5.74) is 11.1. The molecular weight excluding hydrogens is 436 g/mol. The van der Waals surface area contributed by atoms with Crippen molar-refractivity contribution in [2.45, 2.75) is 25.3 Å². The fourth-order valence-electron chi connectivity index (χ4n) is 4.23. The second kappa shape index (κ2) is 9.21. The number of hydrogen-bond donors (Lipinski definition) is 3. The minimum absolute atomic E-state index is 0.147. The normalized spacial score (nSPS) is 16.1. The van der Waals surface area contributed by atoms with Crippen molar-refractivity contribution in [2.75, 3.05) is 18.8 Å². The molecule has 33 heavy (non-hydrogen) atoms. The molecule has 2 aromatic carbocycles. The lowest BCUT2D eigenvalue weighted by Crippen LogP contribution is -2.28. The van der Waals surface area contributed by atoms with E-state index in [4.69, 9.17) is 22.3 Å². The van der Waals surface area contributed by atoms with Gasteiger partial charge in [0.2, 0.25) is 0 Å². The van der Waals surface area contributed by atoms with Gasteiger partial charge in [-0.05, 0) is 49.2 Å². The number of rotatable bonds is 5. The molecule has 0 saturated carbocycles. The number of nitrogens with zero attached hydrogens (tertiary/aromatic N) is 3. The highest BCUT2D eigenvalue weighted by molar-refractivity contribution is 6.30. The first kappa shape index (κ1) is 21.4. The zero-order valence-electron chi connectivity index (χ0n) is 18.1. The molecule has 0 aliphatic carbocycles. The number of amides is 1. The molecule has 1 unspecified atom stereocenters. The Balaban J connectivity index is 1.42. The molecule has 1 atom stereocenters. The lowest BCUT2D eigenvalue weighted by Gasteiger charge is -2.20. The van der Waals surface area contributed by atoms with Crippen LogP contribution >= 0.6 is 11.6 Å². The molecule has 5 rings (SSSR count). The molecule has 4 N–H and O–H groups in total. The summed E-state index contributed by atoms with van der Waals surface area (Å²) in [6.07, 6.45) is 6.01. The van der Waals surface area contributed by atoms with Crippen LogP contribution in [0.25, 0.3) is 16.9 Å². The Morgan fingerprint density at radius 3 is 2.88 bits per heavy atom. The first-order valence-electron chi connectivity index (χ1n) is 11.1. The van der Waals surface area contributed by atoms with Gasteiger partial charge < -0.3 is 16.4 Å². The molecular formula is C25H25ClN6O. The molecule has 3 heterocycles. The molecule has 0 spiro atoms. The van der Waals surface area contributed by atoms with Crippen LogP contribution < -0.4 is 16.4 Å². The van der Waals surface area contributed by atoms with Crippen LogP contribution in [0.2, 0.25) is 5.02 Å². The SMILES string of the molecule is Nc1ncc(-c2cccc(C(=O)NCc3ccc(Cl)cc3)c2)n2cc(C3CCCNC3)nc12. The van der Waals surface area contributed by atoms with Crippen molar-refractivity contribution in [3.8, 4) is 11.3 Å². The number of carbonyl (C=O) groups is 1. The standard InChI is InChI=1S/C25H25ClN6O/c26-20-8-6-16(7-9-20)12-30-25(33)18-4-1-3-17(11-18)22-14-29-23(27)24-31-21(15-32(22)24)19-5-2-10-28-13-19/h1,3-4,6-9,11,14-15,19,28H,2,5,10,12-13H2,(H2,27,29)(H,30,33). The van der Waals surface area contributed by atoms with E-state index in [9.17, 15) is 4.79 Å². The first-order chi connectivity index (χ1) is 16.1. The summed E-state index contributed by atoms with van der Waals surface area (Å²) in [6.45, 7) is 2.38. The largest absolute Gasteiger partial charge is 0.381 e. The van der Waals surface area contributed by atoms with Gasteiger partial charge in [-0.25, -0.2) is 9.97 Å². The number of nitrogens with one attached hydrogen (secondary N) is 2. The van der Waals surface area contributed by atoms with Crippen molar-refractivity contribution in [1.82, 2.24) is 25.0 Å². The Morgan fingerprint density at radius 2 is 2.09 bits per heavy atom. The number of carbonyl (C=O) groups excluding carboxylic acids is 1. The van der Waals surface area contributed by atoms with Gasteiger partial charge in [0, 0.05) is 41.4 Å². The van der Waals surface area contributed by atoms with E-state index in [1.807, 2.05) is 53.1 Å². The second-order valence-corrected chi connectivity index (χ2v) is 8.76. The van der Waals surface area contributed by atoms with Crippen molar-refractivity contribution in [2.24, 2.45) is 0 Å². The van der Waals surface area contributed by atoms with Crippen LogP contribution in [0.15, 0.2) is 60.9 Å². The van der Waals surface area contributed by atoms with Crippen molar-refractivity contribution in [1.29, 1.82) is 0 Å². The maximum absolute atomic E-state index is 12.8. The number of anilines is 1. The molecule has 1 amide bonds. The monoisotopic (exact) mass is 460 g/mol. The number of fused-ring (bicyclic) bond motifs is 1. The van der Waals surface area contributed by atoms with Crippen LogP contribution in [-0.2, 0) is 6.54 Å². The van der Waals surface area contributed by atoms with Gasteiger partial charge in [0.1, 0.15) is 0 Å². The third-order valence-corrected chi connectivity index (χ3v) is 6.29. The number of benzene rings is 2. The summed E-state index contributed by atoms with van der Waals surface area (Å²) in [5, 5.41) is 7.07. The van der Waals surface area contributed by atoms with E-state index in [-0.39, 0.29) is 5.91 Å². The van der Waals surface area contributed by atoms with Gasteiger partial charge in [0.15, 0.2) is 11.5 Å². The van der Waals surface area contributed by atoms with Crippen LogP contribution in [-0.4, -0.2) is 33.4 Å². The van der Waals surface area contributed by atoms with Crippen LogP contribution in [0.5, 0.6) is 0 Å². The van der Waals surface area contributed by atoms with E-state index in [2.05, 4.69) is 15.6 Å². The van der Waals surface area contributed by atoms with Crippen LogP contribution in [0.1, 0.15) is 40.4 Å². The zero-order chi connectivity index (χ0) is 22.8. The molecule has 168 valence electrons. The summed E-state index contributed by atoms with van der Waals surface area (Å²) >= 11 is 5.93. The minimum atomic E-state index is -0.147. The van der Waals surface area contributed by atoms with Gasteiger partial charge in [0.25, 0.3) is 5.91 Å². The minimum Gasteiger partial charge on any atom is -0.381 e. The molecule has 1 aliphatic heterocycles. The summed E-state index contributed by atoms with van der Waals surface area (Å²) in [6, 6.07) is 14.9. The number of aromatic nitrogens is 3. The lowest BCUT2D eigenvalue weighted by molar-refractivity contribution is 0.0951. The maximum atomic E-state index is 12.8. The van der Waals surface area contributed by atoms with Crippen molar-refractivity contribution in [3.05, 3.63) is 82.8 Å². The van der Waals surface area contributed by atoms with Gasteiger partial charge in [-0.15, -0.1) is 0 Å². The third-order valence-electron chi connectivity index (χ3n) is 6.04. The Hall–Kier alpha value is -3.42. The molecule has 4 aromatic rings. The number of imidazole rings is 1. The van der Waals surface area contributed by atoms with E-state index in [0.717, 1.165) is 48.4 Å². The van der Waals surface area contributed by atoms with Crippen LogP contribution in [0.4, 0.5) is 5.82 Å². The van der Waals surface area contributed by atoms with E-state index < -0.39 is 0 Å². The smallest absolute Gasteiger partial charge is 0.251 e. The highest BCUT2D eigenvalue weighted by Crippen LogP contribution is 2.28. The molecule has 0 bridgehead atoms. The number of nitrogen functional groups attached to an aromatic ring is 1. The van der Waals surface area contributed by atoms with Gasteiger partial charge in [0.05, 0.1) is 17.6 Å². The molecule has 1 fully saturated rings. The topological polar surface area (TPSA) is 97.3 Å². The molecule has 8 heteroatoms. The number of hydrogen-bond acceptors (Lipinski definition) is 5. The van der Waals surface area contributed by atoms with Crippen molar-refractivity contribution >= 4 is 29.0 Å². The van der Waals surface area contributed by atoms with E-state index in [1.54, 1.807) is 12.3 Å². The average molecular weight is 461 g/mol. The van der Waals surface area contributed by atoms with Crippen molar-refractivity contribution in [3.63, 3.8) is 0 Å². The molecule has 1 aliphatic rings. The van der Waals surface area contributed by atoms with Crippen LogP contribution in [0.3, 0.4) is 0 Å². The molecule has 7 nitrogen and oxygen atoms in total. The average Bonchev–Trinajstić information content (AvgIpc) is 3.31. The quantitative estimate of drug-likeness (QED) is 0.417. The lowest BCUT2D eigenvalue weighted by atomic mass is 9.97. The summed E-state index contributed by atoms with van der Waals surface area (Å²) < 4.78 is 1.98. The first-order valence-corrected chi connectivity index (χ1v) is 11.4. The summed E-state index contributed by atoms with van der Waals surface area (Å²) in [4.78, 5) is 22.0. The summed E-state index contributed by atoms with van der Waals surface area (Å²) in [7, 11) is 0. The fraction of sp³-hybridized carbons (Fsp3) is 0.240. The highest BCUT2D eigenvalue weighted by Gasteiger charge is 2.20. The van der Waals surface area contributed by atoms with E-state index >= 15 is 0 Å². The second-order valence-electron chi connectivity index (χ2n) is 8.32. The molecule has 1 saturated heterocycles. The van der Waals surface area contributed by atoms with Gasteiger partial charge in [-0.2, -0.15) is 0 Å². The molecule has 0 radical (unpaired) electrons. The number of nitrogens with two attached hydrogens (primary N) is 1. The highest BCUT2D eigenvalue weighted by atomic mass is 35.5.